The van der Waals surface area contributed by atoms with Gasteiger partial charge in [-0.1, -0.05) is 0 Å². The van der Waals surface area contributed by atoms with Crippen molar-refractivity contribution in [1.82, 2.24) is 20.4 Å². The molecule has 0 spiro atoms. The Labute approximate surface area is 108 Å². The molecular formula is C13H22N4O. The van der Waals surface area contributed by atoms with Crippen LogP contribution in [-0.2, 0) is 0 Å². The summed E-state index contributed by atoms with van der Waals surface area (Å²) < 4.78 is 0. The van der Waals surface area contributed by atoms with Crippen LogP contribution in [0.3, 0.4) is 0 Å². The van der Waals surface area contributed by atoms with Crippen molar-refractivity contribution >= 4 is 6.03 Å². The lowest BCUT2D eigenvalue weighted by molar-refractivity contribution is 0.190. The zero-order valence-electron chi connectivity index (χ0n) is 11.6. The summed E-state index contributed by atoms with van der Waals surface area (Å²) in [5.74, 6) is 0. The van der Waals surface area contributed by atoms with Gasteiger partial charge in [-0.25, -0.2) is 4.79 Å². The Morgan fingerprint density at radius 2 is 2.22 bits per heavy atom. The summed E-state index contributed by atoms with van der Waals surface area (Å²) in [4.78, 5) is 14.1. The Hall–Kier alpha value is -1.52. The van der Waals surface area contributed by atoms with Crippen LogP contribution in [0.5, 0.6) is 0 Å². The van der Waals surface area contributed by atoms with Crippen molar-refractivity contribution in [3.05, 3.63) is 17.0 Å². The van der Waals surface area contributed by atoms with Crippen molar-refractivity contribution in [1.29, 1.82) is 0 Å². The Bertz CT molecular complexity index is 419. The molecule has 2 rings (SSSR count). The smallest absolute Gasteiger partial charge is 0.318 e. The fraction of sp³-hybridized carbons (Fsp3) is 0.692. The summed E-state index contributed by atoms with van der Waals surface area (Å²) in [6.45, 7) is 8.81. The normalized spacial score (nSPS) is 19.6. The third-order valence-electron chi connectivity index (χ3n) is 3.44. The van der Waals surface area contributed by atoms with Gasteiger partial charge in [0, 0.05) is 23.8 Å². The highest BCUT2D eigenvalue weighted by molar-refractivity contribution is 5.75. The van der Waals surface area contributed by atoms with E-state index in [1.54, 1.807) is 0 Å². The quantitative estimate of drug-likeness (QED) is 0.846. The average molecular weight is 250 g/mol. The fourth-order valence-corrected chi connectivity index (χ4v) is 2.69. The Kier molecular flexibility index (Phi) is 3.59. The van der Waals surface area contributed by atoms with Crippen LogP contribution in [0.4, 0.5) is 4.79 Å². The number of nitrogens with zero attached hydrogens (tertiary/aromatic N) is 2. The van der Waals surface area contributed by atoms with E-state index in [-0.39, 0.29) is 18.1 Å². The molecule has 5 nitrogen and oxygen atoms in total. The second-order valence-electron chi connectivity index (χ2n) is 5.30. The van der Waals surface area contributed by atoms with E-state index in [0.29, 0.717) is 0 Å². The minimum Gasteiger partial charge on any atom is -0.336 e. The molecule has 1 saturated heterocycles. The molecule has 2 heterocycles. The van der Waals surface area contributed by atoms with Gasteiger partial charge in [0.2, 0.25) is 0 Å². The Balaban J connectivity index is 2.20. The summed E-state index contributed by atoms with van der Waals surface area (Å²) in [6.07, 6.45) is 2.08. The summed E-state index contributed by atoms with van der Waals surface area (Å²) in [5, 5.41) is 10.2. The third kappa shape index (κ3) is 2.35. The maximum atomic E-state index is 12.2. The largest absolute Gasteiger partial charge is 0.336 e. The molecule has 2 amide bonds. The maximum absolute atomic E-state index is 12.2. The highest BCUT2D eigenvalue weighted by Crippen LogP contribution is 2.34. The first-order valence-corrected chi connectivity index (χ1v) is 6.59. The van der Waals surface area contributed by atoms with E-state index >= 15 is 0 Å². The molecule has 1 fully saturated rings. The predicted molar refractivity (Wildman–Crippen MR) is 70.4 cm³/mol. The van der Waals surface area contributed by atoms with Gasteiger partial charge in [-0.3, -0.25) is 5.10 Å². The van der Waals surface area contributed by atoms with Gasteiger partial charge in [0.25, 0.3) is 0 Å². The molecule has 18 heavy (non-hydrogen) atoms. The maximum Gasteiger partial charge on any atom is 0.318 e. The van der Waals surface area contributed by atoms with Gasteiger partial charge in [0.05, 0.1) is 11.7 Å². The molecule has 1 aromatic rings. The first-order chi connectivity index (χ1) is 8.50. The van der Waals surface area contributed by atoms with E-state index in [9.17, 15) is 4.79 Å². The summed E-state index contributed by atoms with van der Waals surface area (Å²) >= 11 is 0. The van der Waals surface area contributed by atoms with Gasteiger partial charge >= 0.3 is 6.03 Å². The van der Waals surface area contributed by atoms with Gasteiger partial charge in [-0.15, -0.1) is 0 Å². The molecule has 1 aromatic heterocycles. The highest BCUT2D eigenvalue weighted by Gasteiger charge is 2.32. The van der Waals surface area contributed by atoms with Gasteiger partial charge in [-0.05, 0) is 40.5 Å². The molecule has 1 aliphatic rings. The first-order valence-electron chi connectivity index (χ1n) is 6.59. The van der Waals surface area contributed by atoms with Gasteiger partial charge < -0.3 is 10.2 Å². The van der Waals surface area contributed by atoms with Crippen LogP contribution in [0.1, 0.15) is 49.7 Å². The van der Waals surface area contributed by atoms with E-state index in [2.05, 4.69) is 15.5 Å². The Morgan fingerprint density at radius 3 is 2.78 bits per heavy atom. The predicted octanol–water partition coefficient (Wildman–Crippen LogP) is 2.28. The lowest BCUT2D eigenvalue weighted by atomic mass is 10.0. The van der Waals surface area contributed by atoms with Crippen LogP contribution < -0.4 is 5.32 Å². The van der Waals surface area contributed by atoms with E-state index in [1.165, 1.54) is 5.56 Å². The number of hydrogen-bond acceptors (Lipinski definition) is 2. The van der Waals surface area contributed by atoms with Gasteiger partial charge in [0.15, 0.2) is 0 Å². The van der Waals surface area contributed by atoms with E-state index in [0.717, 1.165) is 30.8 Å². The molecule has 0 bridgehead atoms. The van der Waals surface area contributed by atoms with Crippen molar-refractivity contribution in [2.75, 3.05) is 6.54 Å². The zero-order valence-corrected chi connectivity index (χ0v) is 11.6. The third-order valence-corrected chi connectivity index (χ3v) is 3.44. The monoisotopic (exact) mass is 250 g/mol. The van der Waals surface area contributed by atoms with Crippen molar-refractivity contribution in [2.24, 2.45) is 0 Å². The lowest BCUT2D eigenvalue weighted by Gasteiger charge is -2.26. The number of aromatic nitrogens is 2. The number of likely N-dealkylation sites (tertiary alicyclic amines) is 1. The summed E-state index contributed by atoms with van der Waals surface area (Å²) in [6, 6.07) is 0.375. The number of carbonyl (C=O) groups excluding carboxylic acids is 1. The second kappa shape index (κ2) is 5.00. The van der Waals surface area contributed by atoms with Crippen LogP contribution >= 0.6 is 0 Å². The molecule has 0 aromatic carbocycles. The van der Waals surface area contributed by atoms with Crippen molar-refractivity contribution in [3.63, 3.8) is 0 Å². The van der Waals surface area contributed by atoms with Crippen LogP contribution in [0.15, 0.2) is 0 Å². The number of rotatable bonds is 2. The molecule has 1 aliphatic heterocycles. The van der Waals surface area contributed by atoms with Gasteiger partial charge in [0.1, 0.15) is 0 Å². The molecule has 0 unspecified atom stereocenters. The topological polar surface area (TPSA) is 61.0 Å². The number of nitrogens with one attached hydrogen (secondary N) is 2. The number of hydrogen-bond donors (Lipinski definition) is 2. The van der Waals surface area contributed by atoms with E-state index in [1.807, 2.05) is 32.6 Å². The fourth-order valence-electron chi connectivity index (χ4n) is 2.69. The van der Waals surface area contributed by atoms with Crippen LogP contribution in [0, 0.1) is 13.8 Å². The average Bonchev–Trinajstić information content (AvgIpc) is 2.84. The molecule has 2 N–H and O–H groups in total. The standard InChI is InChI=1S/C13H22N4O/c1-8(2)14-13(18)17-7-5-6-11(17)12-9(3)15-16-10(12)4/h8,11H,5-7H2,1-4H3,(H,14,18)(H,15,16)/t11-/m1/s1. The van der Waals surface area contributed by atoms with Crippen LogP contribution in [-0.4, -0.2) is 33.7 Å². The van der Waals surface area contributed by atoms with E-state index in [4.69, 9.17) is 0 Å². The highest BCUT2D eigenvalue weighted by atomic mass is 16.2. The van der Waals surface area contributed by atoms with Crippen molar-refractivity contribution in [3.8, 4) is 0 Å². The van der Waals surface area contributed by atoms with Crippen LogP contribution in [0.2, 0.25) is 0 Å². The number of aryl methyl sites for hydroxylation is 2. The molecule has 0 aliphatic carbocycles. The minimum atomic E-state index is 0.0347. The molecular weight excluding hydrogens is 228 g/mol. The van der Waals surface area contributed by atoms with Crippen LogP contribution in [0.25, 0.3) is 0 Å². The summed E-state index contributed by atoms with van der Waals surface area (Å²) in [5.41, 5.74) is 3.26. The number of urea groups is 1. The SMILES string of the molecule is Cc1n[nH]c(C)c1[C@H]1CCCN1C(=O)NC(C)C. The van der Waals surface area contributed by atoms with Crippen molar-refractivity contribution in [2.45, 2.75) is 52.6 Å². The molecule has 1 atom stereocenters. The molecule has 0 saturated carbocycles. The number of amides is 2. The Morgan fingerprint density at radius 1 is 1.50 bits per heavy atom. The minimum absolute atomic E-state index is 0.0347. The summed E-state index contributed by atoms with van der Waals surface area (Å²) in [7, 11) is 0. The number of aromatic amines is 1. The van der Waals surface area contributed by atoms with Gasteiger partial charge in [-0.2, -0.15) is 5.10 Å². The molecule has 5 heteroatoms. The number of H-pyrrole nitrogens is 1. The lowest BCUT2D eigenvalue weighted by Crippen LogP contribution is -2.42. The second-order valence-corrected chi connectivity index (χ2v) is 5.30. The number of carbonyl (C=O) groups is 1. The van der Waals surface area contributed by atoms with E-state index < -0.39 is 0 Å². The first kappa shape index (κ1) is 12.9. The molecule has 100 valence electrons. The van der Waals surface area contributed by atoms with Crippen molar-refractivity contribution < 1.29 is 4.79 Å². The molecule has 0 radical (unpaired) electrons. The zero-order chi connectivity index (χ0) is 13.3.